The molecule has 5 nitrogen and oxygen atoms in total. The van der Waals surface area contributed by atoms with Gasteiger partial charge in [0.2, 0.25) is 5.91 Å². The van der Waals surface area contributed by atoms with Crippen molar-refractivity contribution in [1.82, 2.24) is 10.2 Å². The minimum absolute atomic E-state index is 0.308. The standard InChI is InChI=1S/C10H19N3O2/c1-7(8-3-4-8)13(2)6-5-9(14)12-10(11)15/h7-8H,3-6H2,1-2H3,(H3,11,12,14,15). The number of nitrogens with two attached hydrogens (primary N) is 1. The summed E-state index contributed by atoms with van der Waals surface area (Å²) in [6.45, 7) is 2.83. The Bertz CT molecular complexity index is 251. The van der Waals surface area contributed by atoms with Gasteiger partial charge in [-0.1, -0.05) is 0 Å². The second kappa shape index (κ2) is 5.11. The highest BCUT2D eigenvalue weighted by Gasteiger charge is 2.30. The first-order valence-corrected chi connectivity index (χ1v) is 5.30. The fraction of sp³-hybridized carbons (Fsp3) is 0.800. The number of amides is 3. The monoisotopic (exact) mass is 213 g/mol. The van der Waals surface area contributed by atoms with Crippen LogP contribution in [0.4, 0.5) is 4.79 Å². The number of carbonyl (C=O) groups excluding carboxylic acids is 2. The first-order valence-electron chi connectivity index (χ1n) is 5.30. The molecule has 5 heteroatoms. The van der Waals surface area contributed by atoms with Crippen molar-refractivity contribution in [3.63, 3.8) is 0 Å². The van der Waals surface area contributed by atoms with Crippen molar-refractivity contribution in [2.45, 2.75) is 32.2 Å². The van der Waals surface area contributed by atoms with E-state index in [0.717, 1.165) is 5.92 Å². The normalized spacial score (nSPS) is 17.5. The van der Waals surface area contributed by atoms with Crippen molar-refractivity contribution in [3.8, 4) is 0 Å². The molecule has 1 atom stereocenters. The van der Waals surface area contributed by atoms with Crippen molar-refractivity contribution in [2.24, 2.45) is 11.7 Å². The Morgan fingerprint density at radius 1 is 1.53 bits per heavy atom. The van der Waals surface area contributed by atoms with Gasteiger partial charge in [-0.05, 0) is 32.7 Å². The summed E-state index contributed by atoms with van der Waals surface area (Å²) < 4.78 is 0. The first-order chi connectivity index (χ1) is 7.00. The number of hydrogen-bond donors (Lipinski definition) is 2. The van der Waals surface area contributed by atoms with Crippen molar-refractivity contribution < 1.29 is 9.59 Å². The molecule has 3 amide bonds. The molecule has 3 N–H and O–H groups in total. The third-order valence-corrected chi connectivity index (χ3v) is 2.95. The number of hydrogen-bond acceptors (Lipinski definition) is 3. The number of rotatable bonds is 5. The molecule has 0 bridgehead atoms. The van der Waals surface area contributed by atoms with Gasteiger partial charge in [0.05, 0.1) is 0 Å². The lowest BCUT2D eigenvalue weighted by Crippen LogP contribution is -2.38. The molecule has 86 valence electrons. The van der Waals surface area contributed by atoms with Crippen molar-refractivity contribution in [3.05, 3.63) is 0 Å². The van der Waals surface area contributed by atoms with Gasteiger partial charge < -0.3 is 10.6 Å². The van der Waals surface area contributed by atoms with E-state index in [0.29, 0.717) is 19.0 Å². The second-order valence-corrected chi connectivity index (χ2v) is 4.22. The topological polar surface area (TPSA) is 75.4 Å². The van der Waals surface area contributed by atoms with Crippen LogP contribution in [0.5, 0.6) is 0 Å². The molecule has 1 aliphatic rings. The zero-order valence-corrected chi connectivity index (χ0v) is 9.32. The number of imide groups is 1. The molecule has 0 aliphatic heterocycles. The minimum atomic E-state index is -0.780. The van der Waals surface area contributed by atoms with Gasteiger partial charge in [0.15, 0.2) is 0 Å². The summed E-state index contributed by atoms with van der Waals surface area (Å²) in [7, 11) is 2.00. The van der Waals surface area contributed by atoms with E-state index in [-0.39, 0.29) is 5.91 Å². The predicted octanol–water partition coefficient (Wildman–Crippen LogP) is 0.302. The lowest BCUT2D eigenvalue weighted by Gasteiger charge is -2.23. The summed E-state index contributed by atoms with van der Waals surface area (Å²) in [5.74, 6) is 0.478. The molecule has 1 aliphatic carbocycles. The summed E-state index contributed by atoms with van der Waals surface area (Å²) in [5, 5.41) is 2.06. The maximum atomic E-state index is 11.1. The molecule has 1 unspecified atom stereocenters. The molecule has 0 aromatic heterocycles. The molecule has 1 rings (SSSR count). The van der Waals surface area contributed by atoms with Crippen molar-refractivity contribution >= 4 is 11.9 Å². The molecule has 0 radical (unpaired) electrons. The van der Waals surface area contributed by atoms with Crippen LogP contribution >= 0.6 is 0 Å². The third-order valence-electron chi connectivity index (χ3n) is 2.95. The van der Waals surface area contributed by atoms with Gasteiger partial charge in [0.1, 0.15) is 0 Å². The highest BCUT2D eigenvalue weighted by molar-refractivity contribution is 5.93. The smallest absolute Gasteiger partial charge is 0.318 e. The Morgan fingerprint density at radius 2 is 2.13 bits per heavy atom. The molecular formula is C10H19N3O2. The molecular weight excluding hydrogens is 194 g/mol. The Morgan fingerprint density at radius 3 is 2.60 bits per heavy atom. The van der Waals surface area contributed by atoms with Gasteiger partial charge in [0, 0.05) is 19.0 Å². The summed E-state index contributed by atoms with van der Waals surface area (Å²) >= 11 is 0. The van der Waals surface area contributed by atoms with Crippen LogP contribution < -0.4 is 11.1 Å². The first kappa shape index (κ1) is 12.0. The van der Waals surface area contributed by atoms with Gasteiger partial charge in [-0.2, -0.15) is 0 Å². The van der Waals surface area contributed by atoms with Crippen molar-refractivity contribution in [1.29, 1.82) is 0 Å². The average molecular weight is 213 g/mol. The van der Waals surface area contributed by atoms with Gasteiger partial charge in [-0.3, -0.25) is 10.1 Å². The molecule has 0 spiro atoms. The highest BCUT2D eigenvalue weighted by atomic mass is 16.2. The molecule has 15 heavy (non-hydrogen) atoms. The van der Waals surface area contributed by atoms with Crippen LogP contribution in [0.25, 0.3) is 0 Å². The van der Waals surface area contributed by atoms with Gasteiger partial charge in [-0.25, -0.2) is 4.79 Å². The van der Waals surface area contributed by atoms with Gasteiger partial charge >= 0.3 is 6.03 Å². The molecule has 1 saturated carbocycles. The van der Waals surface area contributed by atoms with E-state index in [1.807, 2.05) is 7.05 Å². The maximum Gasteiger partial charge on any atom is 0.318 e. The van der Waals surface area contributed by atoms with E-state index in [2.05, 4.69) is 17.1 Å². The van der Waals surface area contributed by atoms with E-state index in [4.69, 9.17) is 5.73 Å². The largest absolute Gasteiger partial charge is 0.351 e. The number of nitrogens with zero attached hydrogens (tertiary/aromatic N) is 1. The van der Waals surface area contributed by atoms with Crippen LogP contribution in [0.1, 0.15) is 26.2 Å². The van der Waals surface area contributed by atoms with E-state index < -0.39 is 6.03 Å². The van der Waals surface area contributed by atoms with Crippen LogP contribution in [0.15, 0.2) is 0 Å². The lowest BCUT2D eigenvalue weighted by molar-refractivity contribution is -0.120. The summed E-state index contributed by atoms with van der Waals surface area (Å²) in [4.78, 5) is 23.7. The quantitative estimate of drug-likeness (QED) is 0.689. The third kappa shape index (κ3) is 4.29. The lowest BCUT2D eigenvalue weighted by atomic mass is 10.2. The number of primary amides is 1. The van der Waals surface area contributed by atoms with Crippen LogP contribution in [0.3, 0.4) is 0 Å². The van der Waals surface area contributed by atoms with Gasteiger partial charge in [-0.15, -0.1) is 0 Å². The summed E-state index contributed by atoms with van der Waals surface area (Å²) in [6.07, 6.45) is 2.90. The number of nitrogens with one attached hydrogen (secondary N) is 1. The molecule has 0 heterocycles. The molecule has 0 saturated heterocycles. The zero-order chi connectivity index (χ0) is 11.4. The van der Waals surface area contributed by atoms with E-state index >= 15 is 0 Å². The molecule has 0 aromatic carbocycles. The SMILES string of the molecule is CC(C1CC1)N(C)CCC(=O)NC(N)=O. The number of urea groups is 1. The fourth-order valence-corrected chi connectivity index (χ4v) is 1.62. The van der Waals surface area contributed by atoms with E-state index in [1.165, 1.54) is 12.8 Å². The van der Waals surface area contributed by atoms with Crippen molar-refractivity contribution in [2.75, 3.05) is 13.6 Å². The minimum Gasteiger partial charge on any atom is -0.351 e. The Hall–Kier alpha value is -1.10. The maximum absolute atomic E-state index is 11.1. The van der Waals surface area contributed by atoms with Crippen LogP contribution in [0.2, 0.25) is 0 Å². The highest BCUT2D eigenvalue weighted by Crippen LogP contribution is 2.34. The summed E-state index contributed by atoms with van der Waals surface area (Å²) in [5.41, 5.74) is 4.83. The van der Waals surface area contributed by atoms with Crippen LogP contribution in [-0.2, 0) is 4.79 Å². The number of carbonyl (C=O) groups is 2. The van der Waals surface area contributed by atoms with E-state index in [1.54, 1.807) is 0 Å². The molecule has 1 fully saturated rings. The molecule has 0 aromatic rings. The van der Waals surface area contributed by atoms with Crippen LogP contribution in [-0.4, -0.2) is 36.5 Å². The fourth-order valence-electron chi connectivity index (χ4n) is 1.62. The Balaban J connectivity index is 2.17. The summed E-state index contributed by atoms with van der Waals surface area (Å²) in [6, 6.07) is -0.260. The van der Waals surface area contributed by atoms with Crippen LogP contribution in [0, 0.1) is 5.92 Å². The Kier molecular flexibility index (Phi) is 4.08. The second-order valence-electron chi connectivity index (χ2n) is 4.22. The zero-order valence-electron chi connectivity index (χ0n) is 9.32. The van der Waals surface area contributed by atoms with Gasteiger partial charge in [0.25, 0.3) is 0 Å². The Labute approximate surface area is 90.0 Å². The average Bonchev–Trinajstić information content (AvgIpc) is 2.95. The van der Waals surface area contributed by atoms with E-state index in [9.17, 15) is 9.59 Å². The predicted molar refractivity (Wildman–Crippen MR) is 57.2 cm³/mol.